The Balaban J connectivity index is 1.22. The standard InChI is InChI=1S/C23H27FN6O2S/c1-3-16-11-25-23(26-12-16)28-8-6-18(7-9-28)29-13-17-14-30(27-21(17)15-29)22-5-4-19(10-20(22)24)33(2,31)32/h4-5,10-12,14,18H,3,6-9,13,15H2,1-2H3. The molecule has 0 N–H and O–H groups in total. The van der Waals surface area contributed by atoms with E-state index in [9.17, 15) is 12.8 Å². The topological polar surface area (TPSA) is 84.2 Å². The number of anilines is 1. The molecule has 0 bridgehead atoms. The Morgan fingerprint density at radius 2 is 1.85 bits per heavy atom. The van der Waals surface area contributed by atoms with E-state index in [1.165, 1.54) is 16.8 Å². The number of fused-ring (bicyclic) bond motifs is 1. The van der Waals surface area contributed by atoms with E-state index in [-0.39, 0.29) is 10.6 Å². The molecule has 5 rings (SSSR count). The number of aryl methyl sites for hydroxylation is 1. The lowest BCUT2D eigenvalue weighted by Gasteiger charge is -2.36. The normalized spacial score (nSPS) is 17.5. The van der Waals surface area contributed by atoms with E-state index >= 15 is 0 Å². The Morgan fingerprint density at radius 3 is 2.45 bits per heavy atom. The summed E-state index contributed by atoms with van der Waals surface area (Å²) >= 11 is 0. The Bertz CT molecular complexity index is 1240. The van der Waals surface area contributed by atoms with Gasteiger partial charge in [0.1, 0.15) is 11.5 Å². The Hall–Kier alpha value is -2.85. The van der Waals surface area contributed by atoms with Gasteiger partial charge in [0.25, 0.3) is 0 Å². The minimum Gasteiger partial charge on any atom is -0.341 e. The predicted molar refractivity (Wildman–Crippen MR) is 123 cm³/mol. The van der Waals surface area contributed by atoms with Gasteiger partial charge in [-0.25, -0.2) is 27.5 Å². The molecule has 174 valence electrons. The summed E-state index contributed by atoms with van der Waals surface area (Å²) in [5.41, 5.74) is 3.43. The maximum atomic E-state index is 14.6. The van der Waals surface area contributed by atoms with E-state index in [2.05, 4.69) is 31.8 Å². The van der Waals surface area contributed by atoms with Gasteiger partial charge in [-0.3, -0.25) is 4.90 Å². The van der Waals surface area contributed by atoms with Crippen molar-refractivity contribution in [3.05, 3.63) is 59.4 Å². The van der Waals surface area contributed by atoms with Crippen LogP contribution in [0.1, 0.15) is 36.6 Å². The zero-order chi connectivity index (χ0) is 23.2. The maximum Gasteiger partial charge on any atom is 0.225 e. The average Bonchev–Trinajstić information content (AvgIpc) is 3.38. The molecule has 2 aliphatic rings. The summed E-state index contributed by atoms with van der Waals surface area (Å²) in [5.74, 6) is 0.202. The van der Waals surface area contributed by atoms with Crippen LogP contribution in [0.4, 0.5) is 10.3 Å². The van der Waals surface area contributed by atoms with Crippen molar-refractivity contribution in [1.82, 2.24) is 24.6 Å². The van der Waals surface area contributed by atoms with Crippen molar-refractivity contribution >= 4 is 15.8 Å². The smallest absolute Gasteiger partial charge is 0.225 e. The number of benzene rings is 1. The van der Waals surface area contributed by atoms with Crippen LogP contribution in [-0.4, -0.2) is 58.5 Å². The lowest BCUT2D eigenvalue weighted by atomic mass is 10.0. The van der Waals surface area contributed by atoms with E-state index in [4.69, 9.17) is 0 Å². The first kappa shape index (κ1) is 22.0. The number of rotatable bonds is 5. The fourth-order valence-corrected chi connectivity index (χ4v) is 5.22. The molecular weight excluding hydrogens is 443 g/mol. The molecule has 0 unspecified atom stereocenters. The molecule has 2 aromatic heterocycles. The Kier molecular flexibility index (Phi) is 5.65. The molecule has 3 aromatic rings. The third-order valence-electron chi connectivity index (χ3n) is 6.56. The highest BCUT2D eigenvalue weighted by Crippen LogP contribution is 2.30. The third kappa shape index (κ3) is 4.37. The second-order valence-electron chi connectivity index (χ2n) is 8.80. The molecule has 0 radical (unpaired) electrons. The molecule has 0 aliphatic carbocycles. The summed E-state index contributed by atoms with van der Waals surface area (Å²) < 4.78 is 39.4. The van der Waals surface area contributed by atoms with Crippen molar-refractivity contribution in [1.29, 1.82) is 0 Å². The van der Waals surface area contributed by atoms with Crippen LogP contribution in [0.2, 0.25) is 0 Å². The molecular formula is C23H27FN6O2S. The zero-order valence-corrected chi connectivity index (χ0v) is 19.6. The number of halogens is 1. The van der Waals surface area contributed by atoms with Gasteiger partial charge in [0, 0.05) is 62.6 Å². The van der Waals surface area contributed by atoms with Crippen LogP contribution in [0.3, 0.4) is 0 Å². The monoisotopic (exact) mass is 470 g/mol. The van der Waals surface area contributed by atoms with Crippen molar-refractivity contribution < 1.29 is 12.8 Å². The van der Waals surface area contributed by atoms with E-state index < -0.39 is 15.7 Å². The van der Waals surface area contributed by atoms with Gasteiger partial charge in [0.15, 0.2) is 9.84 Å². The van der Waals surface area contributed by atoms with E-state index in [0.29, 0.717) is 6.04 Å². The maximum absolute atomic E-state index is 14.6. The van der Waals surface area contributed by atoms with Crippen LogP contribution >= 0.6 is 0 Å². The summed E-state index contributed by atoms with van der Waals surface area (Å²) in [6.45, 7) is 5.45. The SMILES string of the molecule is CCc1cnc(N2CCC(N3Cc4cn(-c5ccc(S(C)(=O)=O)cc5F)nc4C3)CC2)nc1. The lowest BCUT2D eigenvalue weighted by molar-refractivity contribution is 0.167. The minimum atomic E-state index is -3.45. The first-order valence-electron chi connectivity index (χ1n) is 11.2. The van der Waals surface area contributed by atoms with Crippen LogP contribution in [0.5, 0.6) is 0 Å². The number of aromatic nitrogens is 4. The summed E-state index contributed by atoms with van der Waals surface area (Å²) in [4.78, 5) is 13.7. The van der Waals surface area contributed by atoms with Crippen molar-refractivity contribution in [2.24, 2.45) is 0 Å². The summed E-state index contributed by atoms with van der Waals surface area (Å²) in [6, 6.07) is 4.40. The Labute approximate surface area is 193 Å². The first-order valence-corrected chi connectivity index (χ1v) is 13.1. The highest BCUT2D eigenvalue weighted by molar-refractivity contribution is 7.90. The van der Waals surface area contributed by atoms with Crippen LogP contribution in [0.25, 0.3) is 5.69 Å². The molecule has 0 saturated carbocycles. The minimum absolute atomic E-state index is 0.0346. The molecule has 1 fully saturated rings. The van der Waals surface area contributed by atoms with Gasteiger partial charge in [-0.1, -0.05) is 6.92 Å². The van der Waals surface area contributed by atoms with Gasteiger partial charge in [0.05, 0.1) is 10.6 Å². The molecule has 10 heteroatoms. The largest absolute Gasteiger partial charge is 0.341 e. The molecule has 4 heterocycles. The highest BCUT2D eigenvalue weighted by atomic mass is 32.2. The number of hydrogen-bond donors (Lipinski definition) is 0. The molecule has 1 saturated heterocycles. The van der Waals surface area contributed by atoms with Gasteiger partial charge >= 0.3 is 0 Å². The third-order valence-corrected chi connectivity index (χ3v) is 7.67. The van der Waals surface area contributed by atoms with Crippen molar-refractivity contribution in [3.8, 4) is 5.69 Å². The molecule has 0 atom stereocenters. The van der Waals surface area contributed by atoms with Gasteiger partial charge in [0.2, 0.25) is 5.95 Å². The van der Waals surface area contributed by atoms with E-state index in [1.54, 1.807) is 0 Å². The van der Waals surface area contributed by atoms with Gasteiger partial charge in [-0.2, -0.15) is 5.10 Å². The number of nitrogens with zero attached hydrogens (tertiary/aromatic N) is 6. The number of sulfone groups is 1. The van der Waals surface area contributed by atoms with E-state index in [1.807, 2.05) is 18.6 Å². The molecule has 1 aromatic carbocycles. The summed E-state index contributed by atoms with van der Waals surface area (Å²) in [7, 11) is -3.45. The lowest BCUT2D eigenvalue weighted by Crippen LogP contribution is -2.43. The van der Waals surface area contributed by atoms with Gasteiger partial charge in [-0.05, 0) is 43.0 Å². The van der Waals surface area contributed by atoms with Crippen molar-refractivity contribution in [3.63, 3.8) is 0 Å². The van der Waals surface area contributed by atoms with Crippen molar-refractivity contribution in [2.75, 3.05) is 24.2 Å². The summed E-state index contributed by atoms with van der Waals surface area (Å²) in [5, 5.41) is 4.59. The van der Waals surface area contributed by atoms with Crippen LogP contribution < -0.4 is 4.90 Å². The van der Waals surface area contributed by atoms with Gasteiger partial charge in [-0.15, -0.1) is 0 Å². The van der Waals surface area contributed by atoms with Crippen LogP contribution in [0, 0.1) is 5.82 Å². The van der Waals surface area contributed by atoms with Crippen LogP contribution in [0.15, 0.2) is 41.7 Å². The van der Waals surface area contributed by atoms with E-state index in [0.717, 1.165) is 80.5 Å². The second-order valence-corrected chi connectivity index (χ2v) is 10.8. The fourth-order valence-electron chi connectivity index (χ4n) is 4.59. The quantitative estimate of drug-likeness (QED) is 0.567. The highest BCUT2D eigenvalue weighted by Gasteiger charge is 2.31. The molecule has 33 heavy (non-hydrogen) atoms. The number of piperidine rings is 1. The number of hydrogen-bond acceptors (Lipinski definition) is 7. The predicted octanol–water partition coefficient (Wildman–Crippen LogP) is 2.75. The van der Waals surface area contributed by atoms with Crippen molar-refractivity contribution in [2.45, 2.75) is 50.2 Å². The Morgan fingerprint density at radius 1 is 1.12 bits per heavy atom. The fraction of sp³-hybridized carbons (Fsp3) is 0.435. The molecule has 0 spiro atoms. The van der Waals surface area contributed by atoms with Crippen LogP contribution in [-0.2, 0) is 29.3 Å². The van der Waals surface area contributed by atoms with Gasteiger partial charge < -0.3 is 4.90 Å². The zero-order valence-electron chi connectivity index (χ0n) is 18.8. The average molecular weight is 471 g/mol. The molecule has 0 amide bonds. The first-order chi connectivity index (χ1) is 15.8. The molecule has 8 nitrogen and oxygen atoms in total. The molecule has 2 aliphatic heterocycles. The second kappa shape index (κ2) is 8.49. The summed E-state index contributed by atoms with van der Waals surface area (Å²) in [6.07, 6.45) is 9.74.